The van der Waals surface area contributed by atoms with Crippen molar-refractivity contribution in [2.45, 2.75) is 6.92 Å². The van der Waals surface area contributed by atoms with Crippen molar-refractivity contribution >= 4 is 34.0 Å². The number of aromatic nitrogens is 2. The van der Waals surface area contributed by atoms with Crippen molar-refractivity contribution in [2.75, 3.05) is 17.7 Å². The third-order valence-corrected chi connectivity index (χ3v) is 4.41. The van der Waals surface area contributed by atoms with E-state index in [0.29, 0.717) is 0 Å². The number of carbonyl (C=O) groups excluding carboxylic acids is 1. The van der Waals surface area contributed by atoms with Crippen LogP contribution >= 0.6 is 0 Å². The molecule has 6 nitrogen and oxygen atoms in total. The predicted molar refractivity (Wildman–Crippen MR) is 112 cm³/mol. The zero-order valence-electron chi connectivity index (χ0n) is 15.6. The van der Waals surface area contributed by atoms with E-state index >= 15 is 0 Å². The van der Waals surface area contributed by atoms with Gasteiger partial charge in [0.05, 0.1) is 18.3 Å². The molecule has 3 N–H and O–H groups in total. The first-order chi connectivity index (χ1) is 13.6. The molecule has 0 saturated carbocycles. The van der Waals surface area contributed by atoms with Gasteiger partial charge >= 0.3 is 0 Å². The van der Waals surface area contributed by atoms with Gasteiger partial charge in [0.15, 0.2) is 0 Å². The van der Waals surface area contributed by atoms with Crippen molar-refractivity contribution < 1.29 is 9.53 Å². The summed E-state index contributed by atoms with van der Waals surface area (Å²) in [6.45, 7) is 1.49. The van der Waals surface area contributed by atoms with E-state index in [-0.39, 0.29) is 5.91 Å². The van der Waals surface area contributed by atoms with Gasteiger partial charge in [-0.2, -0.15) is 0 Å². The minimum Gasteiger partial charge on any atom is -0.496 e. The molecule has 0 bridgehead atoms. The first-order valence-corrected chi connectivity index (χ1v) is 8.90. The first-order valence-electron chi connectivity index (χ1n) is 8.90. The summed E-state index contributed by atoms with van der Waals surface area (Å²) >= 11 is 0. The second kappa shape index (κ2) is 7.44. The molecule has 0 spiro atoms. The van der Waals surface area contributed by atoms with Gasteiger partial charge in [-0.3, -0.25) is 4.79 Å². The highest BCUT2D eigenvalue weighted by atomic mass is 16.5. The van der Waals surface area contributed by atoms with Crippen molar-refractivity contribution in [3.63, 3.8) is 0 Å². The Morgan fingerprint density at radius 3 is 2.54 bits per heavy atom. The summed E-state index contributed by atoms with van der Waals surface area (Å²) < 4.78 is 5.48. The lowest BCUT2D eigenvalue weighted by atomic mass is 10.1. The van der Waals surface area contributed by atoms with Crippen molar-refractivity contribution in [3.05, 3.63) is 66.9 Å². The number of ether oxygens (including phenoxy) is 1. The van der Waals surface area contributed by atoms with Gasteiger partial charge in [-0.1, -0.05) is 12.1 Å². The SMILES string of the molecule is COc1ccccc1-c1cc2c(Nc3ccc(NC(C)=O)cc3)nccc2[nH]1. The number of pyridine rings is 1. The molecule has 2 aromatic heterocycles. The minimum absolute atomic E-state index is 0.0941. The number of fused-ring (bicyclic) bond motifs is 1. The fraction of sp³-hybridized carbons (Fsp3) is 0.0909. The molecule has 1 amide bonds. The number of carbonyl (C=O) groups is 1. The molecule has 0 aliphatic rings. The van der Waals surface area contributed by atoms with E-state index in [2.05, 4.69) is 26.7 Å². The quantitative estimate of drug-likeness (QED) is 0.464. The zero-order valence-corrected chi connectivity index (χ0v) is 15.6. The molecule has 6 heteroatoms. The van der Waals surface area contributed by atoms with Crippen LogP contribution < -0.4 is 15.4 Å². The van der Waals surface area contributed by atoms with E-state index in [4.69, 9.17) is 4.74 Å². The van der Waals surface area contributed by atoms with Crippen LogP contribution in [-0.2, 0) is 4.79 Å². The number of H-pyrrole nitrogens is 1. The standard InChI is InChI=1S/C22H20N4O2/c1-14(27)24-15-7-9-16(10-8-15)25-22-18-13-20(26-19(18)11-12-23-22)17-5-3-4-6-21(17)28-2/h3-13,26H,1-2H3,(H,23,25)(H,24,27). The van der Waals surface area contributed by atoms with Crippen LogP contribution in [0.25, 0.3) is 22.2 Å². The van der Waals surface area contributed by atoms with Crippen LogP contribution in [0.1, 0.15) is 6.92 Å². The Labute approximate surface area is 162 Å². The van der Waals surface area contributed by atoms with E-state index in [1.165, 1.54) is 6.92 Å². The van der Waals surface area contributed by atoms with Gasteiger partial charge in [-0.05, 0) is 48.5 Å². The molecule has 0 fully saturated rings. The van der Waals surface area contributed by atoms with Gasteiger partial charge in [0.25, 0.3) is 0 Å². The Hall–Kier alpha value is -3.80. The average Bonchev–Trinajstić information content (AvgIpc) is 3.14. The van der Waals surface area contributed by atoms with Crippen molar-refractivity contribution in [2.24, 2.45) is 0 Å². The number of hydrogen-bond donors (Lipinski definition) is 3. The molecule has 28 heavy (non-hydrogen) atoms. The minimum atomic E-state index is -0.0941. The van der Waals surface area contributed by atoms with Gasteiger partial charge < -0.3 is 20.4 Å². The van der Waals surface area contributed by atoms with Crippen LogP contribution in [0.3, 0.4) is 0 Å². The molecular formula is C22H20N4O2. The topological polar surface area (TPSA) is 79.0 Å². The smallest absolute Gasteiger partial charge is 0.221 e. The molecule has 0 aliphatic heterocycles. The van der Waals surface area contributed by atoms with E-state index in [1.54, 1.807) is 13.3 Å². The lowest BCUT2D eigenvalue weighted by molar-refractivity contribution is -0.114. The number of nitrogens with one attached hydrogen (secondary N) is 3. The summed E-state index contributed by atoms with van der Waals surface area (Å²) in [5, 5.41) is 7.09. The third kappa shape index (κ3) is 3.53. The Morgan fingerprint density at radius 1 is 1.04 bits per heavy atom. The molecule has 0 unspecified atom stereocenters. The van der Waals surface area contributed by atoms with Crippen LogP contribution in [0.2, 0.25) is 0 Å². The summed E-state index contributed by atoms with van der Waals surface area (Å²) in [6.07, 6.45) is 1.76. The number of rotatable bonds is 5. The number of methoxy groups -OCH3 is 1. The van der Waals surface area contributed by atoms with E-state index in [1.807, 2.05) is 54.6 Å². The number of para-hydroxylation sites is 1. The lowest BCUT2D eigenvalue weighted by Gasteiger charge is -2.08. The number of amides is 1. The maximum absolute atomic E-state index is 11.2. The van der Waals surface area contributed by atoms with E-state index < -0.39 is 0 Å². The predicted octanol–water partition coefficient (Wildman–Crippen LogP) is 4.94. The number of benzene rings is 2. The van der Waals surface area contributed by atoms with Crippen LogP contribution in [0.15, 0.2) is 66.9 Å². The average molecular weight is 372 g/mol. The molecule has 4 rings (SSSR count). The van der Waals surface area contributed by atoms with E-state index in [0.717, 1.165) is 45.1 Å². The maximum Gasteiger partial charge on any atom is 0.221 e. The number of nitrogens with zero attached hydrogens (tertiary/aromatic N) is 1. The highest BCUT2D eigenvalue weighted by molar-refractivity contribution is 5.96. The van der Waals surface area contributed by atoms with Crippen LogP contribution in [0.4, 0.5) is 17.2 Å². The molecule has 4 aromatic rings. The Balaban J connectivity index is 1.67. The van der Waals surface area contributed by atoms with Gasteiger partial charge in [0, 0.05) is 35.4 Å². The van der Waals surface area contributed by atoms with Crippen LogP contribution in [0.5, 0.6) is 5.75 Å². The van der Waals surface area contributed by atoms with Crippen LogP contribution in [-0.4, -0.2) is 23.0 Å². The summed E-state index contributed by atoms with van der Waals surface area (Å²) in [5.74, 6) is 1.47. The second-order valence-electron chi connectivity index (χ2n) is 6.39. The van der Waals surface area contributed by atoms with Crippen molar-refractivity contribution in [1.29, 1.82) is 0 Å². The van der Waals surface area contributed by atoms with Gasteiger partial charge in [-0.25, -0.2) is 4.98 Å². The van der Waals surface area contributed by atoms with E-state index in [9.17, 15) is 4.79 Å². The molecular weight excluding hydrogens is 352 g/mol. The molecule has 0 aliphatic carbocycles. The largest absolute Gasteiger partial charge is 0.496 e. The fourth-order valence-electron chi connectivity index (χ4n) is 3.14. The van der Waals surface area contributed by atoms with Gasteiger partial charge in [0.1, 0.15) is 11.6 Å². The maximum atomic E-state index is 11.2. The van der Waals surface area contributed by atoms with Gasteiger partial charge in [-0.15, -0.1) is 0 Å². The Morgan fingerprint density at radius 2 is 1.79 bits per heavy atom. The highest BCUT2D eigenvalue weighted by Gasteiger charge is 2.11. The van der Waals surface area contributed by atoms with Crippen molar-refractivity contribution in [3.8, 4) is 17.0 Å². The summed E-state index contributed by atoms with van der Waals surface area (Å²) in [6, 6.07) is 19.4. The molecule has 0 atom stereocenters. The zero-order chi connectivity index (χ0) is 19.5. The Kier molecular flexibility index (Phi) is 4.68. The summed E-state index contributed by atoms with van der Waals surface area (Å²) in [5.41, 5.74) is 4.57. The monoisotopic (exact) mass is 372 g/mol. The first kappa shape index (κ1) is 17.6. The second-order valence-corrected chi connectivity index (χ2v) is 6.39. The summed E-state index contributed by atoms with van der Waals surface area (Å²) in [7, 11) is 1.67. The Bertz CT molecular complexity index is 1130. The molecule has 140 valence electrons. The molecule has 2 heterocycles. The number of aromatic amines is 1. The number of anilines is 3. The number of hydrogen-bond acceptors (Lipinski definition) is 4. The van der Waals surface area contributed by atoms with Crippen molar-refractivity contribution in [1.82, 2.24) is 9.97 Å². The lowest BCUT2D eigenvalue weighted by Crippen LogP contribution is -2.05. The van der Waals surface area contributed by atoms with Crippen LogP contribution in [0, 0.1) is 0 Å². The fourth-order valence-corrected chi connectivity index (χ4v) is 3.14. The molecule has 0 saturated heterocycles. The normalized spacial score (nSPS) is 10.6. The van der Waals surface area contributed by atoms with Gasteiger partial charge in [0.2, 0.25) is 5.91 Å². The summed E-state index contributed by atoms with van der Waals surface area (Å²) in [4.78, 5) is 19.1. The highest BCUT2D eigenvalue weighted by Crippen LogP contribution is 2.33. The molecule has 0 radical (unpaired) electrons. The molecule has 2 aromatic carbocycles. The third-order valence-electron chi connectivity index (χ3n) is 4.41.